The minimum absolute atomic E-state index is 0.379. The quantitative estimate of drug-likeness (QED) is 0.762. The summed E-state index contributed by atoms with van der Waals surface area (Å²) >= 11 is 0. The molecule has 8 heteroatoms. The van der Waals surface area contributed by atoms with Gasteiger partial charge in [0.25, 0.3) is 0 Å². The van der Waals surface area contributed by atoms with Crippen molar-refractivity contribution in [2.75, 3.05) is 11.9 Å². The predicted molar refractivity (Wildman–Crippen MR) is 67.5 cm³/mol. The van der Waals surface area contributed by atoms with E-state index in [9.17, 15) is 0 Å². The summed E-state index contributed by atoms with van der Waals surface area (Å²) in [6.07, 6.45) is 0.638. The summed E-state index contributed by atoms with van der Waals surface area (Å²) in [7, 11) is 0. The summed E-state index contributed by atoms with van der Waals surface area (Å²) in [5.41, 5.74) is 0. The van der Waals surface area contributed by atoms with Gasteiger partial charge in [-0.1, -0.05) is 24.1 Å². The van der Waals surface area contributed by atoms with E-state index in [0.717, 1.165) is 0 Å². The average molecular weight is 266 g/mol. The van der Waals surface area contributed by atoms with E-state index in [2.05, 4.69) is 44.8 Å². The Morgan fingerprint density at radius 3 is 2.79 bits per heavy atom. The third kappa shape index (κ3) is 4.32. The van der Waals surface area contributed by atoms with Gasteiger partial charge < -0.3 is 19.6 Å². The molecule has 0 saturated heterocycles. The van der Waals surface area contributed by atoms with Gasteiger partial charge in [-0.3, -0.25) is 0 Å². The van der Waals surface area contributed by atoms with Gasteiger partial charge >= 0.3 is 6.01 Å². The smallest absolute Gasteiger partial charge is 0.315 e. The highest BCUT2D eigenvalue weighted by molar-refractivity contribution is 5.16. The minimum atomic E-state index is 0.379. The maximum atomic E-state index is 5.42. The molecule has 104 valence electrons. The van der Waals surface area contributed by atoms with E-state index in [1.807, 2.05) is 0 Å². The van der Waals surface area contributed by atoms with E-state index >= 15 is 0 Å². The van der Waals surface area contributed by atoms with E-state index in [1.54, 1.807) is 6.92 Å². The monoisotopic (exact) mass is 266 g/mol. The molecular formula is C11H18N6O2. The number of aryl methyl sites for hydroxylation is 1. The number of aromatic nitrogens is 4. The van der Waals surface area contributed by atoms with Gasteiger partial charge in [-0.15, -0.1) is 5.10 Å². The number of anilines is 1. The minimum Gasteiger partial charge on any atom is -0.407 e. The van der Waals surface area contributed by atoms with Crippen molar-refractivity contribution in [3.63, 3.8) is 0 Å². The van der Waals surface area contributed by atoms with Gasteiger partial charge in [-0.05, 0) is 0 Å². The lowest BCUT2D eigenvalue weighted by molar-refractivity contribution is 0.387. The molecule has 0 aliphatic carbocycles. The zero-order valence-corrected chi connectivity index (χ0v) is 11.3. The molecule has 2 N–H and O–H groups in total. The van der Waals surface area contributed by atoms with Crippen LogP contribution in [0.4, 0.5) is 6.01 Å². The van der Waals surface area contributed by atoms with E-state index in [0.29, 0.717) is 49.2 Å². The van der Waals surface area contributed by atoms with Crippen LogP contribution in [0.2, 0.25) is 0 Å². The molecular weight excluding hydrogens is 248 g/mol. The first-order chi connectivity index (χ1) is 9.13. The third-order valence-electron chi connectivity index (χ3n) is 2.32. The molecule has 0 bridgehead atoms. The van der Waals surface area contributed by atoms with Crippen molar-refractivity contribution in [2.45, 2.75) is 39.8 Å². The van der Waals surface area contributed by atoms with Crippen LogP contribution in [0, 0.1) is 6.92 Å². The van der Waals surface area contributed by atoms with Crippen LogP contribution in [0.25, 0.3) is 0 Å². The Bertz CT molecular complexity index is 507. The van der Waals surface area contributed by atoms with Crippen molar-refractivity contribution in [3.05, 3.63) is 17.6 Å². The second-order valence-corrected chi connectivity index (χ2v) is 4.44. The molecule has 0 aliphatic heterocycles. The maximum Gasteiger partial charge on any atom is 0.315 e. The number of hydrogen-bond donors (Lipinski definition) is 2. The lowest BCUT2D eigenvalue weighted by Crippen LogP contribution is -2.21. The van der Waals surface area contributed by atoms with Crippen LogP contribution < -0.4 is 10.6 Å². The first kappa shape index (κ1) is 13.5. The number of nitrogens with one attached hydrogen (secondary N) is 2. The Morgan fingerprint density at radius 2 is 2.11 bits per heavy atom. The summed E-state index contributed by atoms with van der Waals surface area (Å²) < 4.78 is 10.3. The molecule has 0 atom stereocenters. The Labute approximate surface area is 111 Å². The summed E-state index contributed by atoms with van der Waals surface area (Å²) in [4.78, 5) is 4.10. The Kier molecular flexibility index (Phi) is 4.45. The first-order valence-corrected chi connectivity index (χ1v) is 6.22. The zero-order chi connectivity index (χ0) is 13.7. The Balaban J connectivity index is 1.74. The van der Waals surface area contributed by atoms with Crippen LogP contribution in [0.3, 0.4) is 0 Å². The van der Waals surface area contributed by atoms with Gasteiger partial charge in [0.1, 0.15) is 0 Å². The molecule has 2 aromatic heterocycles. The van der Waals surface area contributed by atoms with Crippen molar-refractivity contribution in [2.24, 2.45) is 0 Å². The van der Waals surface area contributed by atoms with E-state index < -0.39 is 0 Å². The molecule has 0 saturated carbocycles. The molecule has 0 fully saturated rings. The van der Waals surface area contributed by atoms with Gasteiger partial charge in [-0.2, -0.15) is 4.98 Å². The lowest BCUT2D eigenvalue weighted by Gasteiger charge is -2.03. The Morgan fingerprint density at radius 1 is 1.26 bits per heavy atom. The van der Waals surface area contributed by atoms with Crippen LogP contribution in [0.15, 0.2) is 8.94 Å². The van der Waals surface area contributed by atoms with Crippen LogP contribution in [0.5, 0.6) is 0 Å². The summed E-state index contributed by atoms with van der Waals surface area (Å²) in [6, 6.07) is 0.783. The second-order valence-electron chi connectivity index (χ2n) is 4.44. The molecule has 2 aromatic rings. The van der Waals surface area contributed by atoms with Crippen molar-refractivity contribution >= 4 is 6.01 Å². The predicted octanol–water partition coefficient (Wildman–Crippen LogP) is 0.914. The number of rotatable bonds is 7. The normalized spacial score (nSPS) is 11.2. The third-order valence-corrected chi connectivity index (χ3v) is 2.32. The molecule has 19 heavy (non-hydrogen) atoms. The topological polar surface area (TPSA) is 102 Å². The van der Waals surface area contributed by atoms with Gasteiger partial charge in [0, 0.05) is 25.9 Å². The van der Waals surface area contributed by atoms with E-state index in [4.69, 9.17) is 8.94 Å². The second kappa shape index (κ2) is 6.28. The molecule has 8 nitrogen and oxygen atoms in total. The van der Waals surface area contributed by atoms with Crippen LogP contribution in [-0.2, 0) is 13.0 Å². The summed E-state index contributed by atoms with van der Waals surface area (Å²) in [5.74, 6) is 1.78. The summed E-state index contributed by atoms with van der Waals surface area (Å²) in [5, 5.41) is 17.8. The average Bonchev–Trinajstić information content (AvgIpc) is 2.96. The van der Waals surface area contributed by atoms with Crippen LogP contribution >= 0.6 is 0 Å². The molecule has 0 unspecified atom stereocenters. The van der Waals surface area contributed by atoms with E-state index in [-0.39, 0.29) is 0 Å². The van der Waals surface area contributed by atoms with Gasteiger partial charge in [0.05, 0.1) is 6.54 Å². The number of hydrogen-bond acceptors (Lipinski definition) is 8. The molecule has 2 rings (SSSR count). The molecule has 0 amide bonds. The fourth-order valence-corrected chi connectivity index (χ4v) is 1.41. The Hall–Kier alpha value is -1.96. The fourth-order valence-electron chi connectivity index (χ4n) is 1.41. The standard InChI is InChI=1S/C11H18N6O2/c1-7(2)13-6-10-15-16-11(18-10)12-5-4-9-14-8(3)19-17-9/h7,13H,4-6H2,1-3H3,(H,12,16). The molecule has 0 aliphatic rings. The maximum absolute atomic E-state index is 5.42. The zero-order valence-electron chi connectivity index (χ0n) is 11.3. The lowest BCUT2D eigenvalue weighted by atomic mass is 10.4. The summed E-state index contributed by atoms with van der Waals surface area (Å²) in [6.45, 7) is 7.05. The van der Waals surface area contributed by atoms with Crippen molar-refractivity contribution in [1.82, 2.24) is 25.7 Å². The van der Waals surface area contributed by atoms with Crippen molar-refractivity contribution < 1.29 is 8.94 Å². The van der Waals surface area contributed by atoms with Gasteiger partial charge in [0.2, 0.25) is 11.8 Å². The van der Waals surface area contributed by atoms with Crippen molar-refractivity contribution in [3.8, 4) is 0 Å². The highest BCUT2D eigenvalue weighted by Gasteiger charge is 2.07. The fraction of sp³-hybridized carbons (Fsp3) is 0.636. The molecule has 0 radical (unpaired) electrons. The van der Waals surface area contributed by atoms with Gasteiger partial charge in [0.15, 0.2) is 5.82 Å². The highest BCUT2D eigenvalue weighted by atomic mass is 16.5. The largest absolute Gasteiger partial charge is 0.407 e. The van der Waals surface area contributed by atoms with Gasteiger partial charge in [-0.25, -0.2) is 0 Å². The van der Waals surface area contributed by atoms with E-state index in [1.165, 1.54) is 0 Å². The number of nitrogens with zero attached hydrogens (tertiary/aromatic N) is 4. The highest BCUT2D eigenvalue weighted by Crippen LogP contribution is 2.05. The SMILES string of the molecule is Cc1nc(CCNc2nnc(CNC(C)C)o2)no1. The van der Waals surface area contributed by atoms with Crippen molar-refractivity contribution in [1.29, 1.82) is 0 Å². The molecule has 2 heterocycles. The first-order valence-electron chi connectivity index (χ1n) is 6.22. The molecule has 0 aromatic carbocycles. The van der Waals surface area contributed by atoms with Crippen LogP contribution in [-0.4, -0.2) is 32.9 Å². The molecule has 0 spiro atoms. The van der Waals surface area contributed by atoms with Crippen LogP contribution in [0.1, 0.15) is 31.5 Å².